The molecule has 0 bridgehead atoms. The second kappa shape index (κ2) is 6.70. The first-order chi connectivity index (χ1) is 10.3. The number of hydrogen-bond donors (Lipinski definition) is 0. The summed E-state index contributed by atoms with van der Waals surface area (Å²) in [5.74, 6) is 0. The van der Waals surface area contributed by atoms with Crippen molar-refractivity contribution in [2.75, 3.05) is 14.1 Å². The fraction of sp³-hybridized carbons (Fsp3) is 1.00. The van der Waals surface area contributed by atoms with Crippen molar-refractivity contribution in [3.63, 3.8) is 0 Å². The summed E-state index contributed by atoms with van der Waals surface area (Å²) in [6.45, 7) is 28.1. The largest absolute Gasteiger partial charge is 0.255 e. The maximum Gasteiger partial charge on any atom is 0.133 e. The highest BCUT2D eigenvalue weighted by Gasteiger charge is 2.61. The van der Waals surface area contributed by atoms with E-state index in [0.717, 1.165) is 0 Å². The van der Waals surface area contributed by atoms with Crippen LogP contribution in [0.3, 0.4) is 0 Å². The van der Waals surface area contributed by atoms with Crippen LogP contribution in [0.15, 0.2) is 0 Å². The van der Waals surface area contributed by atoms with E-state index in [0.29, 0.717) is 0 Å². The molecule has 6 heteroatoms. The van der Waals surface area contributed by atoms with E-state index < -0.39 is 16.7 Å². The lowest BCUT2D eigenvalue weighted by molar-refractivity contribution is 0.183. The average molecular weight is 377 g/mol. The van der Waals surface area contributed by atoms with Crippen LogP contribution in [0.5, 0.6) is 0 Å². The van der Waals surface area contributed by atoms with Gasteiger partial charge in [0.15, 0.2) is 0 Å². The van der Waals surface area contributed by atoms with Crippen LogP contribution >= 0.6 is 16.7 Å². The number of hydrogen-bond acceptors (Lipinski definition) is 4. The molecular formula is C18H42N4P2. The van der Waals surface area contributed by atoms with Crippen molar-refractivity contribution >= 4 is 16.7 Å². The number of rotatable bonds is 2. The molecular weight excluding hydrogens is 334 g/mol. The van der Waals surface area contributed by atoms with Gasteiger partial charge in [-0.15, -0.1) is 0 Å². The van der Waals surface area contributed by atoms with Gasteiger partial charge in [-0.05, 0) is 97.2 Å². The second-order valence-electron chi connectivity index (χ2n) is 10.8. The molecule has 0 saturated carbocycles. The minimum atomic E-state index is -0.482. The molecule has 0 spiro atoms. The standard InChI is InChI=1S/C18H42N4P2/c1-15(2,3)19(13)23-21(17(7,8)9)24(20(14)16(4,5)6)22(23)18(10,11)12/h1-14H3. The molecule has 1 fully saturated rings. The Morgan fingerprint density at radius 1 is 0.500 bits per heavy atom. The second-order valence-corrected chi connectivity index (χ2v) is 15.4. The van der Waals surface area contributed by atoms with Gasteiger partial charge in [-0.2, -0.15) is 0 Å². The Kier molecular flexibility index (Phi) is 6.35. The molecule has 4 nitrogen and oxygen atoms in total. The first-order valence-corrected chi connectivity index (χ1v) is 11.4. The quantitative estimate of drug-likeness (QED) is 0.539. The summed E-state index contributed by atoms with van der Waals surface area (Å²) >= 11 is 0. The molecule has 0 N–H and O–H groups in total. The first-order valence-electron chi connectivity index (χ1n) is 8.99. The van der Waals surface area contributed by atoms with Crippen LogP contribution in [-0.2, 0) is 0 Å². The molecule has 1 saturated heterocycles. The van der Waals surface area contributed by atoms with E-state index in [1.807, 2.05) is 0 Å². The highest BCUT2D eigenvalue weighted by molar-refractivity contribution is 7.80. The highest BCUT2D eigenvalue weighted by Crippen LogP contribution is 2.83. The van der Waals surface area contributed by atoms with Gasteiger partial charge in [0.25, 0.3) is 0 Å². The minimum Gasteiger partial charge on any atom is -0.255 e. The van der Waals surface area contributed by atoms with E-state index in [1.54, 1.807) is 0 Å². The van der Waals surface area contributed by atoms with Crippen LogP contribution in [0.25, 0.3) is 0 Å². The van der Waals surface area contributed by atoms with Gasteiger partial charge < -0.3 is 0 Å². The predicted octanol–water partition coefficient (Wildman–Crippen LogP) is 6.12. The lowest BCUT2D eigenvalue weighted by atomic mass is 10.1. The molecule has 0 radical (unpaired) electrons. The van der Waals surface area contributed by atoms with Crippen molar-refractivity contribution < 1.29 is 0 Å². The van der Waals surface area contributed by atoms with E-state index in [4.69, 9.17) is 0 Å². The molecule has 0 unspecified atom stereocenters. The molecule has 1 aliphatic heterocycles. The van der Waals surface area contributed by atoms with Gasteiger partial charge >= 0.3 is 0 Å². The lowest BCUT2D eigenvalue weighted by Crippen LogP contribution is -2.61. The molecule has 0 amide bonds. The molecule has 24 heavy (non-hydrogen) atoms. The van der Waals surface area contributed by atoms with Gasteiger partial charge in [0, 0.05) is 22.2 Å². The predicted molar refractivity (Wildman–Crippen MR) is 112 cm³/mol. The van der Waals surface area contributed by atoms with Crippen molar-refractivity contribution in [3.05, 3.63) is 0 Å². The lowest BCUT2D eigenvalue weighted by Gasteiger charge is -2.70. The summed E-state index contributed by atoms with van der Waals surface area (Å²) in [4.78, 5) is 0. The molecule has 1 aliphatic rings. The Balaban J connectivity index is 3.41. The zero-order valence-corrected chi connectivity index (χ0v) is 20.5. The van der Waals surface area contributed by atoms with Crippen LogP contribution < -0.4 is 0 Å². The van der Waals surface area contributed by atoms with Gasteiger partial charge in [-0.3, -0.25) is 9.34 Å². The molecule has 0 atom stereocenters. The molecule has 1 heterocycles. The Labute approximate surface area is 154 Å². The monoisotopic (exact) mass is 376 g/mol. The van der Waals surface area contributed by atoms with E-state index in [9.17, 15) is 0 Å². The summed E-state index contributed by atoms with van der Waals surface area (Å²) in [6, 6.07) is 0. The minimum absolute atomic E-state index is 0.151. The van der Waals surface area contributed by atoms with Gasteiger partial charge in [-0.1, -0.05) is 0 Å². The maximum atomic E-state index is 2.79. The van der Waals surface area contributed by atoms with Crippen LogP contribution in [0.2, 0.25) is 0 Å². The summed E-state index contributed by atoms with van der Waals surface area (Å²) in [5.41, 5.74) is 0.608. The van der Waals surface area contributed by atoms with Gasteiger partial charge in [0.2, 0.25) is 0 Å². The molecule has 0 aliphatic carbocycles. The Bertz CT molecular complexity index is 390. The fourth-order valence-corrected chi connectivity index (χ4v) is 9.98. The zero-order chi connectivity index (χ0) is 19.5. The van der Waals surface area contributed by atoms with Crippen molar-refractivity contribution in [2.45, 2.75) is 105 Å². The van der Waals surface area contributed by atoms with Crippen molar-refractivity contribution in [2.24, 2.45) is 0 Å². The van der Waals surface area contributed by atoms with E-state index >= 15 is 0 Å². The molecule has 144 valence electrons. The Hall–Kier alpha value is 0.700. The average Bonchev–Trinajstić information content (AvgIpc) is 2.19. The van der Waals surface area contributed by atoms with Crippen molar-refractivity contribution in [3.8, 4) is 0 Å². The van der Waals surface area contributed by atoms with Crippen LogP contribution in [0.1, 0.15) is 83.1 Å². The highest BCUT2D eigenvalue weighted by atomic mass is 31.3. The third kappa shape index (κ3) is 4.51. The summed E-state index contributed by atoms with van der Waals surface area (Å²) in [7, 11) is 3.63. The van der Waals surface area contributed by atoms with Crippen LogP contribution in [-0.4, -0.2) is 54.5 Å². The fourth-order valence-electron chi connectivity index (χ4n) is 2.39. The Morgan fingerprint density at radius 3 is 0.833 bits per heavy atom. The first kappa shape index (κ1) is 22.7. The molecule has 1 rings (SSSR count). The molecule has 0 aromatic carbocycles. The summed E-state index contributed by atoms with van der Waals surface area (Å²) in [6.07, 6.45) is 0. The third-order valence-corrected chi connectivity index (χ3v) is 12.3. The van der Waals surface area contributed by atoms with Crippen molar-refractivity contribution in [1.29, 1.82) is 0 Å². The summed E-state index contributed by atoms with van der Waals surface area (Å²) < 4.78 is 10.8. The smallest absolute Gasteiger partial charge is 0.133 e. The molecule has 0 aromatic heterocycles. The number of nitrogens with zero attached hydrogens (tertiary/aromatic N) is 4. The van der Waals surface area contributed by atoms with Crippen molar-refractivity contribution in [1.82, 2.24) is 18.2 Å². The van der Waals surface area contributed by atoms with Crippen LogP contribution in [0, 0.1) is 0 Å². The SMILES string of the molecule is CN(P1N(C(C)(C)C)P(N(C)C(C)(C)C)N1C(C)(C)C)C(C)(C)C. The van der Waals surface area contributed by atoms with Crippen LogP contribution in [0.4, 0.5) is 0 Å². The normalized spacial score (nSPS) is 25.5. The van der Waals surface area contributed by atoms with E-state index in [2.05, 4.69) is 115 Å². The van der Waals surface area contributed by atoms with Gasteiger partial charge in [0.1, 0.15) is 16.7 Å². The van der Waals surface area contributed by atoms with E-state index in [-0.39, 0.29) is 22.2 Å². The van der Waals surface area contributed by atoms with E-state index in [1.165, 1.54) is 0 Å². The molecule has 0 aromatic rings. The van der Waals surface area contributed by atoms with Gasteiger partial charge in [-0.25, -0.2) is 8.88 Å². The maximum absolute atomic E-state index is 2.79. The third-order valence-electron chi connectivity index (χ3n) is 4.36. The van der Waals surface area contributed by atoms with Gasteiger partial charge in [0.05, 0.1) is 0 Å². The summed E-state index contributed by atoms with van der Waals surface area (Å²) in [5, 5.41) is 0. The zero-order valence-electron chi connectivity index (χ0n) is 18.7. The topological polar surface area (TPSA) is 13.0 Å². The Morgan fingerprint density at radius 2 is 0.708 bits per heavy atom.